The molecule has 2 nitrogen and oxygen atoms in total. The monoisotopic (exact) mass is 121 g/mol. The first kappa shape index (κ1) is 7.27. The van der Waals surface area contributed by atoms with Crippen LogP contribution in [0.25, 0.3) is 0 Å². The van der Waals surface area contributed by atoms with Gasteiger partial charge in [-0.15, -0.1) is 0 Å². The third-order valence-corrected chi connectivity index (χ3v) is 0.770. The Morgan fingerprint density at radius 2 is 2.43 bits per heavy atom. The number of thiol groups is 1. The molecule has 0 atom stereocenters. The number of ether oxygens (including phenoxy) is 1. The predicted octanol–water partition coefficient (Wildman–Crippen LogP) is 0.110. The van der Waals surface area contributed by atoms with Gasteiger partial charge in [-0.3, -0.25) is 0 Å². The van der Waals surface area contributed by atoms with Crippen molar-refractivity contribution in [3.05, 3.63) is 0 Å². The average molecular weight is 121 g/mol. The van der Waals surface area contributed by atoms with Crippen molar-refractivity contribution in [2.24, 2.45) is 0 Å². The number of nitrogens with one attached hydrogen (secondary N) is 1. The molecule has 7 heavy (non-hydrogen) atoms. The van der Waals surface area contributed by atoms with Gasteiger partial charge in [0.15, 0.2) is 0 Å². The summed E-state index contributed by atoms with van der Waals surface area (Å²) in [6.45, 7) is 1.65. The van der Waals surface area contributed by atoms with Gasteiger partial charge < -0.3 is 10.1 Å². The summed E-state index contributed by atoms with van der Waals surface area (Å²) in [6.07, 6.45) is 0. The molecule has 0 saturated carbocycles. The van der Waals surface area contributed by atoms with E-state index in [9.17, 15) is 0 Å². The number of hydrogen-bond donors (Lipinski definition) is 2. The summed E-state index contributed by atoms with van der Waals surface area (Å²) in [5.74, 6) is 0.516. The SMILES string of the molecule is CNCCOCS. The van der Waals surface area contributed by atoms with E-state index in [-0.39, 0.29) is 0 Å². The summed E-state index contributed by atoms with van der Waals surface area (Å²) in [7, 11) is 1.89. The molecule has 0 unspecified atom stereocenters. The lowest BCUT2D eigenvalue weighted by Gasteiger charge is -1.95. The van der Waals surface area contributed by atoms with E-state index in [0.29, 0.717) is 5.94 Å². The van der Waals surface area contributed by atoms with Gasteiger partial charge in [0.2, 0.25) is 0 Å². The zero-order valence-corrected chi connectivity index (χ0v) is 5.37. The minimum absolute atomic E-state index is 0.516. The van der Waals surface area contributed by atoms with E-state index in [1.807, 2.05) is 7.05 Å². The molecular formula is C4H11NOS. The first-order valence-electron chi connectivity index (χ1n) is 2.25. The molecule has 0 fully saturated rings. The maximum atomic E-state index is 4.88. The molecular weight excluding hydrogens is 110 g/mol. The highest BCUT2D eigenvalue weighted by molar-refractivity contribution is 7.80. The van der Waals surface area contributed by atoms with Crippen LogP contribution in [0.5, 0.6) is 0 Å². The van der Waals surface area contributed by atoms with E-state index >= 15 is 0 Å². The van der Waals surface area contributed by atoms with Crippen molar-refractivity contribution in [2.45, 2.75) is 0 Å². The van der Waals surface area contributed by atoms with Crippen LogP contribution in [-0.2, 0) is 4.74 Å². The molecule has 0 amide bonds. The summed E-state index contributed by atoms with van der Waals surface area (Å²) in [5.41, 5.74) is 0. The van der Waals surface area contributed by atoms with Gasteiger partial charge in [-0.25, -0.2) is 0 Å². The number of hydrogen-bond acceptors (Lipinski definition) is 3. The summed E-state index contributed by atoms with van der Waals surface area (Å²) in [4.78, 5) is 0. The molecule has 0 aromatic carbocycles. The van der Waals surface area contributed by atoms with Crippen LogP contribution in [0.3, 0.4) is 0 Å². The summed E-state index contributed by atoms with van der Waals surface area (Å²) in [6, 6.07) is 0. The van der Waals surface area contributed by atoms with Gasteiger partial charge in [-0.05, 0) is 7.05 Å². The van der Waals surface area contributed by atoms with E-state index in [1.165, 1.54) is 0 Å². The lowest BCUT2D eigenvalue weighted by atomic mass is 10.7. The van der Waals surface area contributed by atoms with Crippen LogP contribution in [0.2, 0.25) is 0 Å². The first-order valence-corrected chi connectivity index (χ1v) is 2.88. The second kappa shape index (κ2) is 6.27. The average Bonchev–Trinajstić information content (AvgIpc) is 1.69. The number of likely N-dealkylation sites (N-methyl/N-ethyl adjacent to an activating group) is 1. The lowest BCUT2D eigenvalue weighted by Crippen LogP contribution is -2.13. The molecule has 3 heteroatoms. The molecule has 0 bridgehead atoms. The summed E-state index contributed by atoms with van der Waals surface area (Å²) in [5, 5.41) is 2.94. The Labute approximate surface area is 49.7 Å². The fraction of sp³-hybridized carbons (Fsp3) is 1.00. The minimum atomic E-state index is 0.516. The minimum Gasteiger partial charge on any atom is -0.370 e. The van der Waals surface area contributed by atoms with Gasteiger partial charge >= 0.3 is 0 Å². The molecule has 0 aliphatic carbocycles. The lowest BCUT2D eigenvalue weighted by molar-refractivity contribution is 0.187. The quantitative estimate of drug-likeness (QED) is 0.313. The van der Waals surface area contributed by atoms with Crippen molar-refractivity contribution >= 4 is 12.6 Å². The van der Waals surface area contributed by atoms with Gasteiger partial charge in [0.1, 0.15) is 0 Å². The van der Waals surface area contributed by atoms with Gasteiger partial charge in [0.25, 0.3) is 0 Å². The number of rotatable bonds is 4. The fourth-order valence-corrected chi connectivity index (χ4v) is 0.368. The van der Waals surface area contributed by atoms with Gasteiger partial charge in [-0.1, -0.05) is 0 Å². The van der Waals surface area contributed by atoms with Crippen molar-refractivity contribution in [1.82, 2.24) is 5.32 Å². The molecule has 0 saturated heterocycles. The molecule has 44 valence electrons. The maximum absolute atomic E-state index is 4.88. The molecule has 0 radical (unpaired) electrons. The fourth-order valence-electron chi connectivity index (χ4n) is 0.239. The highest BCUT2D eigenvalue weighted by atomic mass is 32.1. The third-order valence-electron chi connectivity index (χ3n) is 0.588. The van der Waals surface area contributed by atoms with Crippen LogP contribution in [0.15, 0.2) is 0 Å². The maximum Gasteiger partial charge on any atom is 0.0893 e. The molecule has 0 aromatic heterocycles. The van der Waals surface area contributed by atoms with E-state index in [2.05, 4.69) is 17.9 Å². The van der Waals surface area contributed by atoms with Crippen molar-refractivity contribution in [3.63, 3.8) is 0 Å². The molecule has 1 N–H and O–H groups in total. The third kappa shape index (κ3) is 6.27. The first-order chi connectivity index (χ1) is 3.41. The van der Waals surface area contributed by atoms with Gasteiger partial charge in [0, 0.05) is 6.54 Å². The molecule has 0 spiro atoms. The second-order valence-electron chi connectivity index (χ2n) is 1.14. The topological polar surface area (TPSA) is 21.3 Å². The van der Waals surface area contributed by atoms with Crippen molar-refractivity contribution < 1.29 is 4.74 Å². The van der Waals surface area contributed by atoms with Gasteiger partial charge in [-0.2, -0.15) is 12.6 Å². The molecule has 0 rings (SSSR count). The Kier molecular flexibility index (Phi) is 6.51. The largest absolute Gasteiger partial charge is 0.370 e. The van der Waals surface area contributed by atoms with Crippen LogP contribution in [0.4, 0.5) is 0 Å². The van der Waals surface area contributed by atoms with Crippen molar-refractivity contribution in [3.8, 4) is 0 Å². The Morgan fingerprint density at radius 3 is 2.86 bits per heavy atom. The molecule has 0 aliphatic heterocycles. The Bertz CT molecular complexity index is 30.9. The predicted molar refractivity (Wildman–Crippen MR) is 33.7 cm³/mol. The van der Waals surface area contributed by atoms with Crippen LogP contribution in [0, 0.1) is 0 Å². The molecule has 0 heterocycles. The van der Waals surface area contributed by atoms with E-state index < -0.39 is 0 Å². The van der Waals surface area contributed by atoms with E-state index in [4.69, 9.17) is 4.74 Å². The standard InChI is InChI=1S/C4H11NOS/c1-5-2-3-6-4-7/h5,7H,2-4H2,1H3. The van der Waals surface area contributed by atoms with Crippen LogP contribution >= 0.6 is 12.6 Å². The Balaban J connectivity index is 2.45. The van der Waals surface area contributed by atoms with Crippen molar-refractivity contribution in [1.29, 1.82) is 0 Å². The van der Waals surface area contributed by atoms with Crippen LogP contribution in [0.1, 0.15) is 0 Å². The normalized spacial score (nSPS) is 9.43. The molecule has 0 aromatic rings. The zero-order valence-electron chi connectivity index (χ0n) is 4.48. The van der Waals surface area contributed by atoms with Crippen LogP contribution in [-0.4, -0.2) is 26.1 Å². The summed E-state index contributed by atoms with van der Waals surface area (Å²) >= 11 is 3.84. The second-order valence-corrected chi connectivity index (χ2v) is 1.40. The Morgan fingerprint density at radius 1 is 1.71 bits per heavy atom. The Hall–Kier alpha value is 0.270. The van der Waals surface area contributed by atoms with Crippen LogP contribution < -0.4 is 5.32 Å². The molecule has 0 aliphatic rings. The highest BCUT2D eigenvalue weighted by Gasteiger charge is 1.77. The zero-order chi connectivity index (χ0) is 5.54. The highest BCUT2D eigenvalue weighted by Crippen LogP contribution is 1.74. The smallest absolute Gasteiger partial charge is 0.0893 e. The van der Waals surface area contributed by atoms with E-state index in [1.54, 1.807) is 0 Å². The van der Waals surface area contributed by atoms with E-state index in [0.717, 1.165) is 13.2 Å². The summed E-state index contributed by atoms with van der Waals surface area (Å²) < 4.78 is 4.88. The van der Waals surface area contributed by atoms with Gasteiger partial charge in [0.05, 0.1) is 12.5 Å². The van der Waals surface area contributed by atoms with Crippen molar-refractivity contribution in [2.75, 3.05) is 26.1 Å².